The standard InChI is InChI=1S/C20H24N2O.C15H15N3O2/c1-3-13-22(14-4-2)19-15-9-5-6-10-16(15)20(23)21-18-12-8-7-11-17(18)19;1-9-4-5-12(6-13(9)7-16)15(19)17-8-14-10(2)18-20-11(14)3/h5-12,19H,3-4,13-14H2,1-2H3,(H,21,23);4-6H,8H2,1-3H3,(H,17,19). The zero-order valence-electron chi connectivity index (χ0n) is 25.5. The van der Waals surface area contributed by atoms with Crippen LogP contribution in [0, 0.1) is 32.1 Å². The van der Waals surface area contributed by atoms with Crippen molar-refractivity contribution in [2.75, 3.05) is 18.4 Å². The summed E-state index contributed by atoms with van der Waals surface area (Å²) in [4.78, 5) is 27.2. The van der Waals surface area contributed by atoms with Crippen molar-refractivity contribution in [1.82, 2.24) is 15.4 Å². The molecule has 8 nitrogen and oxygen atoms in total. The number of hydrogen-bond donors (Lipinski definition) is 2. The average Bonchev–Trinajstić information content (AvgIpc) is 3.27. The summed E-state index contributed by atoms with van der Waals surface area (Å²) in [5, 5.41) is 18.7. The molecule has 0 saturated carbocycles. The first kappa shape index (κ1) is 31.2. The number of anilines is 1. The van der Waals surface area contributed by atoms with Gasteiger partial charge in [0.25, 0.3) is 11.8 Å². The first-order valence-corrected chi connectivity index (χ1v) is 14.7. The largest absolute Gasteiger partial charge is 0.361 e. The summed E-state index contributed by atoms with van der Waals surface area (Å²) in [5.41, 5.74) is 7.49. The predicted molar refractivity (Wildman–Crippen MR) is 168 cm³/mol. The average molecular weight is 578 g/mol. The Labute approximate surface area is 253 Å². The van der Waals surface area contributed by atoms with E-state index in [0.29, 0.717) is 23.4 Å². The van der Waals surface area contributed by atoms with E-state index in [1.54, 1.807) is 25.1 Å². The maximum atomic E-state index is 12.6. The lowest BCUT2D eigenvalue weighted by atomic mass is 9.93. The van der Waals surface area contributed by atoms with Crippen LogP contribution in [-0.4, -0.2) is 35.0 Å². The highest BCUT2D eigenvalue weighted by molar-refractivity contribution is 6.07. The minimum Gasteiger partial charge on any atom is -0.361 e. The number of nitrogens with zero attached hydrogens (tertiary/aromatic N) is 3. The number of para-hydroxylation sites is 1. The second kappa shape index (κ2) is 14.4. The van der Waals surface area contributed by atoms with E-state index in [9.17, 15) is 9.59 Å². The van der Waals surface area contributed by atoms with Crippen molar-refractivity contribution in [3.05, 3.63) is 117 Å². The van der Waals surface area contributed by atoms with E-state index < -0.39 is 0 Å². The number of amides is 2. The third-order valence-corrected chi connectivity index (χ3v) is 7.62. The topological polar surface area (TPSA) is 111 Å². The van der Waals surface area contributed by atoms with E-state index >= 15 is 0 Å². The lowest BCUT2D eigenvalue weighted by molar-refractivity contribution is 0.0950. The van der Waals surface area contributed by atoms with Gasteiger partial charge in [-0.1, -0.05) is 61.5 Å². The summed E-state index contributed by atoms with van der Waals surface area (Å²) in [6.45, 7) is 12.3. The smallest absolute Gasteiger partial charge is 0.256 e. The van der Waals surface area contributed by atoms with Crippen LogP contribution < -0.4 is 10.6 Å². The van der Waals surface area contributed by atoms with E-state index in [2.05, 4.69) is 58.8 Å². The summed E-state index contributed by atoms with van der Waals surface area (Å²) < 4.78 is 5.04. The van der Waals surface area contributed by atoms with Crippen LogP contribution in [0.25, 0.3) is 0 Å². The zero-order chi connectivity index (χ0) is 30.9. The molecule has 8 heteroatoms. The Hall–Kier alpha value is -4.74. The number of aromatic nitrogens is 1. The van der Waals surface area contributed by atoms with Crippen LogP contribution in [0.4, 0.5) is 5.69 Å². The van der Waals surface area contributed by atoms with Crippen LogP contribution in [0.15, 0.2) is 71.3 Å². The molecule has 3 aromatic carbocycles. The molecule has 1 aliphatic heterocycles. The predicted octanol–water partition coefficient (Wildman–Crippen LogP) is 6.87. The van der Waals surface area contributed by atoms with E-state index in [4.69, 9.17) is 9.78 Å². The molecule has 0 saturated heterocycles. The lowest BCUT2D eigenvalue weighted by Gasteiger charge is -2.32. The second-order valence-electron chi connectivity index (χ2n) is 10.7. The zero-order valence-corrected chi connectivity index (χ0v) is 25.5. The van der Waals surface area contributed by atoms with Gasteiger partial charge < -0.3 is 15.2 Å². The van der Waals surface area contributed by atoms with Gasteiger partial charge in [-0.3, -0.25) is 14.5 Å². The van der Waals surface area contributed by atoms with Crippen molar-refractivity contribution in [3.8, 4) is 6.07 Å². The van der Waals surface area contributed by atoms with Crippen molar-refractivity contribution in [3.63, 3.8) is 0 Å². The van der Waals surface area contributed by atoms with Crippen LogP contribution in [0.2, 0.25) is 0 Å². The van der Waals surface area contributed by atoms with Gasteiger partial charge in [0.15, 0.2) is 0 Å². The lowest BCUT2D eigenvalue weighted by Crippen LogP contribution is -2.31. The number of benzene rings is 3. The second-order valence-corrected chi connectivity index (χ2v) is 10.7. The van der Waals surface area contributed by atoms with Gasteiger partial charge in [0.2, 0.25) is 0 Å². The SMILES string of the molecule is CCCN(CCC)C1c2ccccc2NC(=O)c2ccccc21.Cc1ccc(C(=O)NCc2c(C)noc2C)cc1C#N. The molecule has 0 radical (unpaired) electrons. The molecule has 0 aliphatic carbocycles. The molecule has 2 amide bonds. The number of hydrogen-bond acceptors (Lipinski definition) is 6. The maximum Gasteiger partial charge on any atom is 0.256 e. The van der Waals surface area contributed by atoms with E-state index in [1.807, 2.05) is 44.2 Å². The van der Waals surface area contributed by atoms with Gasteiger partial charge in [-0.25, -0.2) is 0 Å². The Morgan fingerprint density at radius 2 is 1.67 bits per heavy atom. The third kappa shape index (κ3) is 7.19. The Morgan fingerprint density at radius 3 is 2.33 bits per heavy atom. The molecule has 222 valence electrons. The fraction of sp³-hybridized carbons (Fsp3) is 0.314. The van der Waals surface area contributed by atoms with Crippen LogP contribution in [-0.2, 0) is 6.54 Å². The molecular formula is C35H39N5O3. The number of nitrogens with one attached hydrogen (secondary N) is 2. The fourth-order valence-electron chi connectivity index (χ4n) is 5.40. The van der Waals surface area contributed by atoms with Gasteiger partial charge in [-0.05, 0) is 87.7 Å². The van der Waals surface area contributed by atoms with Crippen LogP contribution in [0.5, 0.6) is 0 Å². The first-order valence-electron chi connectivity index (χ1n) is 14.7. The summed E-state index contributed by atoms with van der Waals surface area (Å²) >= 11 is 0. The normalized spacial score (nSPS) is 13.5. The summed E-state index contributed by atoms with van der Waals surface area (Å²) in [6, 6.07) is 23.4. The number of nitriles is 1. The van der Waals surface area contributed by atoms with Crippen molar-refractivity contribution in [2.45, 2.75) is 60.0 Å². The Morgan fingerprint density at radius 1 is 1.00 bits per heavy atom. The van der Waals surface area contributed by atoms with Gasteiger partial charge in [0.05, 0.1) is 23.4 Å². The molecule has 43 heavy (non-hydrogen) atoms. The molecule has 4 aromatic rings. The van der Waals surface area contributed by atoms with Crippen molar-refractivity contribution < 1.29 is 14.1 Å². The van der Waals surface area contributed by atoms with E-state index in [-0.39, 0.29) is 17.9 Å². The Balaban J connectivity index is 0.000000199. The van der Waals surface area contributed by atoms with E-state index in [0.717, 1.165) is 59.6 Å². The number of fused-ring (bicyclic) bond motifs is 2. The highest BCUT2D eigenvalue weighted by atomic mass is 16.5. The van der Waals surface area contributed by atoms with Crippen molar-refractivity contribution in [1.29, 1.82) is 5.26 Å². The minimum absolute atomic E-state index is 0.0107. The van der Waals surface area contributed by atoms with Gasteiger partial charge >= 0.3 is 0 Å². The molecule has 1 aromatic heterocycles. The molecule has 0 fully saturated rings. The number of rotatable bonds is 8. The number of aryl methyl sites for hydroxylation is 3. The fourth-order valence-corrected chi connectivity index (χ4v) is 5.40. The number of carbonyl (C=O) groups is 2. The third-order valence-electron chi connectivity index (χ3n) is 7.62. The van der Waals surface area contributed by atoms with Crippen LogP contribution in [0.1, 0.15) is 92.7 Å². The van der Waals surface area contributed by atoms with Gasteiger partial charge in [0, 0.05) is 28.9 Å². The Bertz CT molecular complexity index is 1610. The highest BCUT2D eigenvalue weighted by Crippen LogP contribution is 2.38. The molecule has 1 atom stereocenters. The molecule has 2 N–H and O–H groups in total. The quantitative estimate of drug-likeness (QED) is 0.237. The van der Waals surface area contributed by atoms with Gasteiger partial charge in [0.1, 0.15) is 5.76 Å². The maximum absolute atomic E-state index is 12.6. The van der Waals surface area contributed by atoms with Crippen LogP contribution in [0.3, 0.4) is 0 Å². The molecule has 0 spiro atoms. The van der Waals surface area contributed by atoms with Crippen molar-refractivity contribution >= 4 is 17.5 Å². The van der Waals surface area contributed by atoms with Crippen molar-refractivity contribution in [2.24, 2.45) is 0 Å². The number of carbonyl (C=O) groups excluding carboxylic acids is 2. The summed E-state index contributed by atoms with van der Waals surface area (Å²) in [5.74, 6) is 0.467. The first-order chi connectivity index (χ1) is 20.8. The van der Waals surface area contributed by atoms with Gasteiger partial charge in [-0.2, -0.15) is 5.26 Å². The van der Waals surface area contributed by atoms with E-state index in [1.165, 1.54) is 5.56 Å². The Kier molecular flexibility index (Phi) is 10.5. The van der Waals surface area contributed by atoms with Crippen LogP contribution >= 0.6 is 0 Å². The molecule has 5 rings (SSSR count). The monoisotopic (exact) mass is 577 g/mol. The molecule has 0 bridgehead atoms. The molecular weight excluding hydrogens is 538 g/mol. The molecule has 1 aliphatic rings. The summed E-state index contributed by atoms with van der Waals surface area (Å²) in [7, 11) is 0. The van der Waals surface area contributed by atoms with Gasteiger partial charge in [-0.15, -0.1) is 0 Å². The molecule has 2 heterocycles. The molecule has 1 unspecified atom stereocenters. The summed E-state index contributed by atoms with van der Waals surface area (Å²) in [6.07, 6.45) is 2.20. The highest BCUT2D eigenvalue weighted by Gasteiger charge is 2.30. The minimum atomic E-state index is -0.221.